The Balaban J connectivity index is 0.792. The summed E-state index contributed by atoms with van der Waals surface area (Å²) in [6, 6.07) is 93.9. The Kier molecular flexibility index (Phi) is 10.2. The van der Waals surface area contributed by atoms with Gasteiger partial charge in [0.25, 0.3) is 0 Å². The van der Waals surface area contributed by atoms with Crippen molar-refractivity contribution in [2.24, 2.45) is 0 Å². The first-order valence-corrected chi connectivity index (χ1v) is 26.4. The molecule has 11 aromatic carbocycles. The van der Waals surface area contributed by atoms with Crippen molar-refractivity contribution in [3.8, 4) is 90.0 Å². The van der Waals surface area contributed by atoms with Gasteiger partial charge in [-0.05, 0) is 128 Å². The first-order chi connectivity index (χ1) is 37.9. The lowest BCUT2D eigenvalue weighted by atomic mass is 9.82. The molecule has 3 aromatic heterocycles. The lowest BCUT2D eigenvalue weighted by Crippen LogP contribution is -2.15. The van der Waals surface area contributed by atoms with Gasteiger partial charge in [-0.25, -0.2) is 15.0 Å². The molecule has 77 heavy (non-hydrogen) atoms. The van der Waals surface area contributed by atoms with E-state index < -0.39 is 0 Å². The highest BCUT2D eigenvalue weighted by atomic mass is 15.0. The first-order valence-electron chi connectivity index (χ1n) is 26.4. The van der Waals surface area contributed by atoms with E-state index in [2.05, 4.69) is 272 Å². The van der Waals surface area contributed by atoms with Crippen LogP contribution in [-0.4, -0.2) is 24.1 Å². The van der Waals surface area contributed by atoms with Gasteiger partial charge in [0.05, 0.1) is 22.1 Å². The number of hydrogen-bond acceptors (Lipinski definition) is 3. The molecular weight excluding hydrogens is 935 g/mol. The van der Waals surface area contributed by atoms with E-state index in [4.69, 9.17) is 15.0 Å². The number of fused-ring (bicyclic) bond motifs is 9. The van der Waals surface area contributed by atoms with Gasteiger partial charge in [0.2, 0.25) is 0 Å². The van der Waals surface area contributed by atoms with Crippen LogP contribution in [0, 0.1) is 0 Å². The molecule has 0 saturated heterocycles. The third-order valence-corrected chi connectivity index (χ3v) is 16.0. The third kappa shape index (κ3) is 7.34. The third-order valence-electron chi connectivity index (χ3n) is 16.0. The lowest BCUT2D eigenvalue weighted by Gasteiger charge is -2.22. The minimum Gasteiger partial charge on any atom is -0.309 e. The average Bonchev–Trinajstić information content (AvgIpc) is 4.29. The molecule has 15 rings (SSSR count). The molecule has 3 heterocycles. The molecular formula is C72H49N5. The number of hydrogen-bond donors (Lipinski definition) is 0. The molecule has 0 spiro atoms. The lowest BCUT2D eigenvalue weighted by molar-refractivity contribution is 0.660. The van der Waals surface area contributed by atoms with E-state index in [-0.39, 0.29) is 5.41 Å². The Morgan fingerprint density at radius 2 is 0.623 bits per heavy atom. The van der Waals surface area contributed by atoms with Crippen molar-refractivity contribution in [3.05, 3.63) is 272 Å². The Morgan fingerprint density at radius 3 is 1.14 bits per heavy atom. The normalized spacial score (nSPS) is 12.6. The molecule has 0 N–H and O–H groups in total. The van der Waals surface area contributed by atoms with Crippen LogP contribution in [0.15, 0.2) is 261 Å². The summed E-state index contributed by atoms with van der Waals surface area (Å²) in [7, 11) is 0. The Hall–Kier alpha value is -9.97. The van der Waals surface area contributed by atoms with Crippen molar-refractivity contribution < 1.29 is 0 Å². The Morgan fingerprint density at radius 1 is 0.260 bits per heavy atom. The van der Waals surface area contributed by atoms with Crippen LogP contribution in [0.2, 0.25) is 0 Å². The predicted molar refractivity (Wildman–Crippen MR) is 319 cm³/mol. The molecule has 0 amide bonds. The number of rotatable bonds is 8. The number of aromatic nitrogens is 5. The van der Waals surface area contributed by atoms with Crippen LogP contribution in [0.3, 0.4) is 0 Å². The van der Waals surface area contributed by atoms with E-state index in [0.29, 0.717) is 17.5 Å². The van der Waals surface area contributed by atoms with Crippen LogP contribution in [0.4, 0.5) is 0 Å². The predicted octanol–water partition coefficient (Wildman–Crippen LogP) is 18.4. The van der Waals surface area contributed by atoms with Gasteiger partial charge in [-0.3, -0.25) is 0 Å². The summed E-state index contributed by atoms with van der Waals surface area (Å²) in [6.07, 6.45) is 0. The molecule has 362 valence electrons. The summed E-state index contributed by atoms with van der Waals surface area (Å²) in [6.45, 7) is 4.71. The van der Waals surface area contributed by atoms with Crippen molar-refractivity contribution in [1.82, 2.24) is 24.1 Å². The van der Waals surface area contributed by atoms with Crippen LogP contribution < -0.4 is 0 Å². The topological polar surface area (TPSA) is 48.5 Å². The standard InChI is InChI=1S/C72H49N5/c1-72(2)63-22-12-9-19-57(63)58-40-39-56(45-64(58)72)77-66-24-14-11-21-60(66)62-44-54(36-42-68(62)77)53-35-41-67-61(43-53)59-20-10-13-23-65(59)76(67)55-37-33-52(34-38-55)71-74-69(50-29-25-48(26-30-50)46-15-5-3-6-16-46)73-70(75-71)51-31-27-49(28-32-51)47-17-7-4-8-18-47/h3-45H,1-2H3. The summed E-state index contributed by atoms with van der Waals surface area (Å²) in [5.74, 6) is 1.86. The largest absolute Gasteiger partial charge is 0.309 e. The van der Waals surface area contributed by atoms with E-state index in [1.54, 1.807) is 0 Å². The van der Waals surface area contributed by atoms with Crippen molar-refractivity contribution in [2.75, 3.05) is 0 Å². The van der Waals surface area contributed by atoms with E-state index in [1.807, 2.05) is 12.1 Å². The zero-order valence-corrected chi connectivity index (χ0v) is 42.6. The van der Waals surface area contributed by atoms with Crippen molar-refractivity contribution in [1.29, 1.82) is 0 Å². The van der Waals surface area contributed by atoms with Crippen molar-refractivity contribution in [3.63, 3.8) is 0 Å². The van der Waals surface area contributed by atoms with Crippen LogP contribution >= 0.6 is 0 Å². The maximum Gasteiger partial charge on any atom is 0.164 e. The molecule has 5 nitrogen and oxygen atoms in total. The zero-order valence-electron chi connectivity index (χ0n) is 42.6. The SMILES string of the molecule is CC1(C)c2ccccc2-c2ccc(-n3c4ccccc4c4cc(-c5ccc6c(c5)c5ccccc5n6-c5ccc(-c6nc(-c7ccc(-c8ccccc8)cc7)nc(-c7ccc(-c8ccccc8)cc7)n6)cc5)ccc43)cc21. The fraction of sp³-hybridized carbons (Fsp3) is 0.0417. The van der Waals surface area contributed by atoms with Gasteiger partial charge in [0.1, 0.15) is 0 Å². The maximum atomic E-state index is 5.14. The van der Waals surface area contributed by atoms with Gasteiger partial charge in [0.15, 0.2) is 17.5 Å². The fourth-order valence-corrected chi connectivity index (χ4v) is 12.1. The second-order valence-corrected chi connectivity index (χ2v) is 20.8. The second kappa shape index (κ2) is 17.6. The van der Waals surface area contributed by atoms with Gasteiger partial charge in [-0.2, -0.15) is 0 Å². The van der Waals surface area contributed by atoms with Gasteiger partial charge in [-0.15, -0.1) is 0 Å². The van der Waals surface area contributed by atoms with Gasteiger partial charge in [0, 0.05) is 55.0 Å². The summed E-state index contributed by atoms with van der Waals surface area (Å²) in [5, 5.41) is 4.89. The van der Waals surface area contributed by atoms with E-state index >= 15 is 0 Å². The van der Waals surface area contributed by atoms with Gasteiger partial charge >= 0.3 is 0 Å². The van der Waals surface area contributed by atoms with Gasteiger partial charge < -0.3 is 9.13 Å². The second-order valence-electron chi connectivity index (χ2n) is 20.8. The Bertz CT molecular complexity index is 4500. The first kappa shape index (κ1) is 44.5. The molecule has 1 aliphatic carbocycles. The molecule has 5 heteroatoms. The molecule has 0 fully saturated rings. The molecule has 0 unspecified atom stereocenters. The van der Waals surface area contributed by atoms with E-state index in [9.17, 15) is 0 Å². The van der Waals surface area contributed by atoms with Crippen LogP contribution in [-0.2, 0) is 5.41 Å². The minimum absolute atomic E-state index is 0.0848. The quantitative estimate of drug-likeness (QED) is 0.152. The fourth-order valence-electron chi connectivity index (χ4n) is 12.1. The van der Waals surface area contributed by atoms with Crippen LogP contribution in [0.5, 0.6) is 0 Å². The summed E-state index contributed by atoms with van der Waals surface area (Å²) in [4.78, 5) is 15.4. The number of nitrogens with zero attached hydrogens (tertiary/aromatic N) is 5. The molecule has 14 aromatic rings. The monoisotopic (exact) mass is 983 g/mol. The highest BCUT2D eigenvalue weighted by molar-refractivity contribution is 6.13. The molecule has 0 radical (unpaired) electrons. The highest BCUT2D eigenvalue weighted by Crippen LogP contribution is 2.50. The number of para-hydroxylation sites is 2. The average molecular weight is 984 g/mol. The van der Waals surface area contributed by atoms with Gasteiger partial charge in [-0.1, -0.05) is 202 Å². The van der Waals surface area contributed by atoms with Crippen LogP contribution in [0.1, 0.15) is 25.0 Å². The molecule has 0 saturated carbocycles. The Labute approximate surface area is 446 Å². The zero-order chi connectivity index (χ0) is 51.2. The molecule has 0 bridgehead atoms. The minimum atomic E-state index is -0.0848. The summed E-state index contributed by atoms with van der Waals surface area (Å²) >= 11 is 0. The van der Waals surface area contributed by atoms with E-state index in [1.165, 1.54) is 82.8 Å². The molecule has 1 aliphatic rings. The van der Waals surface area contributed by atoms with Crippen molar-refractivity contribution >= 4 is 43.6 Å². The molecule has 0 aliphatic heterocycles. The van der Waals surface area contributed by atoms with E-state index in [0.717, 1.165) is 44.5 Å². The van der Waals surface area contributed by atoms with Crippen LogP contribution in [0.25, 0.3) is 134 Å². The smallest absolute Gasteiger partial charge is 0.164 e. The number of benzene rings is 11. The highest BCUT2D eigenvalue weighted by Gasteiger charge is 2.35. The summed E-state index contributed by atoms with van der Waals surface area (Å²) in [5.41, 5.74) is 22.0. The summed E-state index contributed by atoms with van der Waals surface area (Å²) < 4.78 is 4.82. The maximum absolute atomic E-state index is 5.14. The molecule has 0 atom stereocenters. The van der Waals surface area contributed by atoms with Crippen molar-refractivity contribution in [2.45, 2.75) is 19.3 Å².